The summed E-state index contributed by atoms with van der Waals surface area (Å²) in [5.41, 5.74) is -4.31. The highest BCUT2D eigenvalue weighted by molar-refractivity contribution is 7.99. The Morgan fingerprint density at radius 3 is 1.70 bits per heavy atom. The van der Waals surface area contributed by atoms with Crippen LogP contribution in [0, 0.1) is 0 Å². The minimum atomic E-state index is -7.48. The van der Waals surface area contributed by atoms with Crippen LogP contribution in [0.25, 0.3) is 0 Å². The number of hydrogen-bond donors (Lipinski definition) is 0. The molecule has 1 rings (SSSR count). The highest BCUT2D eigenvalue weighted by Crippen LogP contribution is 2.57. The second-order valence-corrected chi connectivity index (χ2v) is 7.83. The van der Waals surface area contributed by atoms with Crippen LogP contribution in [-0.4, -0.2) is 53.7 Å². The normalized spacial score (nSPS) is 16.6. The first-order chi connectivity index (χ1) is 14.9. The minimum Gasteiger partial charge on any atom is -0.294 e. The molecule has 1 aromatic carbocycles. The van der Waals surface area contributed by atoms with Crippen molar-refractivity contribution in [2.24, 2.45) is 0 Å². The molecule has 0 fully saturated rings. The molecule has 0 aromatic heterocycles. The van der Waals surface area contributed by atoms with Gasteiger partial charge in [0, 0.05) is 16.9 Å². The maximum Gasteiger partial charge on any atom is 0.382 e. The summed E-state index contributed by atoms with van der Waals surface area (Å²) < 4.78 is 173. The predicted molar refractivity (Wildman–Crippen MR) is 92.0 cm³/mol. The lowest BCUT2D eigenvalue weighted by Gasteiger charge is -2.38. The van der Waals surface area contributed by atoms with E-state index < -0.39 is 70.4 Å². The van der Waals surface area contributed by atoms with Crippen LogP contribution in [0.15, 0.2) is 29.2 Å². The van der Waals surface area contributed by atoms with Gasteiger partial charge in [-0.2, -0.15) is 35.1 Å². The van der Waals surface area contributed by atoms with Gasteiger partial charge in [-0.15, -0.1) is 0 Å². The summed E-state index contributed by atoms with van der Waals surface area (Å²) in [6.45, 7) is 1.66. The van der Waals surface area contributed by atoms with Crippen LogP contribution in [-0.2, 0) is 0 Å². The molecule has 0 saturated heterocycles. The number of rotatable bonds is 12. The fourth-order valence-electron chi connectivity index (χ4n) is 2.35. The number of thioether (sulfide) groups is 1. The third kappa shape index (κ3) is 5.53. The molecule has 0 bridgehead atoms. The molecular formula is C18H15F13OS. The maximum absolute atomic E-state index is 13.9. The van der Waals surface area contributed by atoms with Crippen LogP contribution in [0.2, 0.25) is 0 Å². The van der Waals surface area contributed by atoms with Crippen LogP contribution >= 0.6 is 11.8 Å². The molecule has 0 aliphatic carbocycles. The van der Waals surface area contributed by atoms with Gasteiger partial charge in [0.25, 0.3) is 6.43 Å². The molecule has 3 atom stereocenters. The quantitative estimate of drug-likeness (QED) is 0.159. The van der Waals surface area contributed by atoms with Crippen LogP contribution in [0.1, 0.15) is 30.1 Å². The molecule has 0 aliphatic heterocycles. The number of carbonyl (C=O) groups is 1. The van der Waals surface area contributed by atoms with Crippen LogP contribution < -0.4 is 0 Å². The molecule has 0 N–H and O–H groups in total. The van der Waals surface area contributed by atoms with Gasteiger partial charge in [-0.3, -0.25) is 4.79 Å². The van der Waals surface area contributed by atoms with Gasteiger partial charge in [-0.1, -0.05) is 30.8 Å². The van der Waals surface area contributed by atoms with E-state index in [0.717, 1.165) is 24.3 Å². The second-order valence-electron chi connectivity index (χ2n) is 6.71. The average Bonchev–Trinajstić information content (AvgIpc) is 2.72. The van der Waals surface area contributed by atoms with Gasteiger partial charge in [-0.05, 0) is 18.6 Å². The largest absolute Gasteiger partial charge is 0.382 e. The predicted octanol–water partition coefficient (Wildman–Crippen LogP) is 7.54. The van der Waals surface area contributed by atoms with E-state index in [9.17, 15) is 61.9 Å². The van der Waals surface area contributed by atoms with Crippen LogP contribution in [0.5, 0.6) is 0 Å². The highest BCUT2D eigenvalue weighted by atomic mass is 32.2. The Hall–Kier alpha value is -1.67. The molecule has 0 spiro atoms. The van der Waals surface area contributed by atoms with Gasteiger partial charge < -0.3 is 0 Å². The van der Waals surface area contributed by atoms with Gasteiger partial charge in [-0.25, -0.2) is 22.0 Å². The lowest BCUT2D eigenvalue weighted by Crippen LogP contribution is -2.67. The van der Waals surface area contributed by atoms with Gasteiger partial charge in [0.15, 0.2) is 12.0 Å². The van der Waals surface area contributed by atoms with Crippen molar-refractivity contribution in [3.05, 3.63) is 29.8 Å². The number of ketones is 1. The van der Waals surface area contributed by atoms with E-state index in [2.05, 4.69) is 0 Å². The number of halogens is 13. The second kappa shape index (κ2) is 10.3. The van der Waals surface area contributed by atoms with Crippen molar-refractivity contribution in [2.75, 3.05) is 0 Å². The molecule has 190 valence electrons. The van der Waals surface area contributed by atoms with Gasteiger partial charge in [0.1, 0.15) is 0 Å². The first kappa shape index (κ1) is 29.4. The standard InChI is InChI=1S/C18H15F13OS/c1-2-3-10(32)8-4-6-9(7-5-8)33-14(23)16(26,27)18(30,31)17(28,29)15(24,25)12(20)11(19)13(21)22/h4-7,11-14H,2-3H2,1H3. The SMILES string of the molecule is CCCC(=O)c1ccc(SC(F)C(F)(F)C(F)(F)C(F)(F)C(F)(F)C(F)C(F)C(F)F)cc1. The molecule has 0 aliphatic rings. The summed E-state index contributed by atoms with van der Waals surface area (Å²) in [5.74, 6) is -28.9. The number of carbonyl (C=O) groups excluding carboxylic acids is 1. The number of Topliss-reactive ketones (excluding diaryl/α,β-unsaturated/α-hetero) is 1. The smallest absolute Gasteiger partial charge is 0.294 e. The number of benzene rings is 1. The molecule has 0 amide bonds. The summed E-state index contributed by atoms with van der Waals surface area (Å²) in [6.07, 6.45) is -14.2. The van der Waals surface area contributed by atoms with Crippen molar-refractivity contribution in [2.45, 2.75) is 72.6 Å². The summed E-state index contributed by atoms with van der Waals surface area (Å²) in [7, 11) is 0. The van der Waals surface area contributed by atoms with Crippen molar-refractivity contribution in [3.63, 3.8) is 0 Å². The van der Waals surface area contributed by atoms with E-state index in [1.807, 2.05) is 0 Å². The Morgan fingerprint density at radius 2 is 1.27 bits per heavy atom. The van der Waals surface area contributed by atoms with Gasteiger partial charge in [0.05, 0.1) is 0 Å². The van der Waals surface area contributed by atoms with Crippen molar-refractivity contribution >= 4 is 17.5 Å². The van der Waals surface area contributed by atoms with E-state index in [1.165, 1.54) is 0 Å². The van der Waals surface area contributed by atoms with Crippen molar-refractivity contribution in [1.82, 2.24) is 0 Å². The molecule has 33 heavy (non-hydrogen) atoms. The Morgan fingerprint density at radius 1 is 0.818 bits per heavy atom. The first-order valence-corrected chi connectivity index (χ1v) is 9.75. The van der Waals surface area contributed by atoms with Crippen LogP contribution in [0.4, 0.5) is 57.1 Å². The number of hydrogen-bond acceptors (Lipinski definition) is 2. The lowest BCUT2D eigenvalue weighted by atomic mass is 9.94. The Labute approximate surface area is 182 Å². The Bertz CT molecular complexity index is 797. The van der Waals surface area contributed by atoms with Gasteiger partial charge in [0.2, 0.25) is 11.7 Å². The van der Waals surface area contributed by atoms with Gasteiger partial charge >= 0.3 is 23.7 Å². The summed E-state index contributed by atoms with van der Waals surface area (Å²) in [5, 5.41) is 0. The molecule has 1 aromatic rings. The summed E-state index contributed by atoms with van der Waals surface area (Å²) >= 11 is -0.817. The molecule has 1 nitrogen and oxygen atoms in total. The lowest BCUT2D eigenvalue weighted by molar-refractivity contribution is -0.382. The fraction of sp³-hybridized carbons (Fsp3) is 0.611. The zero-order valence-electron chi connectivity index (χ0n) is 16.3. The van der Waals surface area contributed by atoms with E-state index in [4.69, 9.17) is 0 Å². The van der Waals surface area contributed by atoms with Crippen LogP contribution in [0.3, 0.4) is 0 Å². The van der Waals surface area contributed by atoms with E-state index in [1.54, 1.807) is 6.92 Å². The summed E-state index contributed by atoms with van der Waals surface area (Å²) in [4.78, 5) is 11.1. The Balaban J connectivity index is 3.18. The number of alkyl halides is 13. The average molecular weight is 526 g/mol. The zero-order chi connectivity index (χ0) is 26.0. The maximum atomic E-state index is 13.9. The molecule has 15 heteroatoms. The fourth-order valence-corrected chi connectivity index (χ4v) is 3.17. The molecule has 3 unspecified atom stereocenters. The third-order valence-electron chi connectivity index (χ3n) is 4.28. The molecular weight excluding hydrogens is 511 g/mol. The van der Waals surface area contributed by atoms with E-state index >= 15 is 0 Å². The topological polar surface area (TPSA) is 17.1 Å². The molecule has 0 radical (unpaired) electrons. The van der Waals surface area contributed by atoms with E-state index in [0.29, 0.717) is 6.42 Å². The highest BCUT2D eigenvalue weighted by Gasteiger charge is 2.84. The van der Waals surface area contributed by atoms with E-state index in [-0.39, 0.29) is 12.0 Å². The molecule has 0 heterocycles. The summed E-state index contributed by atoms with van der Waals surface area (Å²) in [6, 6.07) is 3.53. The third-order valence-corrected chi connectivity index (χ3v) is 5.32. The van der Waals surface area contributed by atoms with Crippen molar-refractivity contribution in [1.29, 1.82) is 0 Å². The van der Waals surface area contributed by atoms with Crippen molar-refractivity contribution in [3.8, 4) is 0 Å². The minimum absolute atomic E-state index is 0.0219. The zero-order valence-corrected chi connectivity index (χ0v) is 17.1. The first-order valence-electron chi connectivity index (χ1n) is 8.87. The van der Waals surface area contributed by atoms with Crippen molar-refractivity contribution < 1.29 is 61.9 Å². The monoisotopic (exact) mass is 526 g/mol. The molecule has 0 saturated carbocycles. The Kier molecular flexibility index (Phi) is 9.16.